The Labute approximate surface area is 98.0 Å². The van der Waals surface area contributed by atoms with E-state index in [1.54, 1.807) is 7.11 Å². The molecule has 2 heteroatoms. The number of aryl methyl sites for hydroxylation is 1. The average Bonchev–Trinajstić information content (AvgIpc) is 2.30. The van der Waals surface area contributed by atoms with Gasteiger partial charge in [0.15, 0.2) is 0 Å². The quantitative estimate of drug-likeness (QED) is 0.826. The first-order valence-corrected chi connectivity index (χ1v) is 6.08. The second-order valence-electron chi connectivity index (χ2n) is 4.83. The van der Waals surface area contributed by atoms with Gasteiger partial charge in [-0.05, 0) is 38.3 Å². The van der Waals surface area contributed by atoms with Crippen LogP contribution >= 0.6 is 0 Å². The highest BCUT2D eigenvalue weighted by Gasteiger charge is 2.21. The minimum Gasteiger partial charge on any atom is -0.496 e. The Balaban J connectivity index is 2.21. The molecule has 1 N–H and O–H groups in total. The van der Waals surface area contributed by atoms with E-state index in [2.05, 4.69) is 37.4 Å². The van der Waals surface area contributed by atoms with Crippen molar-refractivity contribution >= 4 is 0 Å². The van der Waals surface area contributed by atoms with Gasteiger partial charge in [0, 0.05) is 18.5 Å². The Morgan fingerprint density at radius 3 is 2.75 bits per heavy atom. The van der Waals surface area contributed by atoms with Gasteiger partial charge in [-0.25, -0.2) is 0 Å². The van der Waals surface area contributed by atoms with Crippen molar-refractivity contribution in [2.75, 3.05) is 13.7 Å². The molecule has 0 bridgehead atoms. The fraction of sp³-hybridized carbons (Fsp3) is 0.571. The third-order valence-corrected chi connectivity index (χ3v) is 3.49. The molecule has 1 saturated heterocycles. The Bertz CT molecular complexity index is 354. The second-order valence-corrected chi connectivity index (χ2v) is 4.83. The van der Waals surface area contributed by atoms with E-state index in [1.807, 2.05) is 0 Å². The zero-order chi connectivity index (χ0) is 11.5. The first-order chi connectivity index (χ1) is 7.70. The van der Waals surface area contributed by atoms with Gasteiger partial charge in [0.05, 0.1) is 7.11 Å². The lowest BCUT2D eigenvalue weighted by atomic mass is 9.88. The zero-order valence-corrected chi connectivity index (χ0v) is 10.4. The van der Waals surface area contributed by atoms with E-state index in [4.69, 9.17) is 4.74 Å². The fourth-order valence-corrected chi connectivity index (χ4v) is 2.44. The summed E-state index contributed by atoms with van der Waals surface area (Å²) >= 11 is 0. The van der Waals surface area contributed by atoms with Gasteiger partial charge >= 0.3 is 0 Å². The maximum absolute atomic E-state index is 5.45. The monoisotopic (exact) mass is 219 g/mol. The minimum atomic E-state index is 0.603. The molecule has 1 fully saturated rings. The molecule has 0 aromatic heterocycles. The Hall–Kier alpha value is -1.02. The molecule has 2 nitrogen and oxygen atoms in total. The summed E-state index contributed by atoms with van der Waals surface area (Å²) in [5.74, 6) is 1.64. The first kappa shape index (κ1) is 11.5. The van der Waals surface area contributed by atoms with E-state index >= 15 is 0 Å². The molecule has 1 aromatic rings. The van der Waals surface area contributed by atoms with Crippen LogP contribution in [0.15, 0.2) is 18.2 Å². The number of rotatable bonds is 2. The molecule has 0 saturated carbocycles. The van der Waals surface area contributed by atoms with Crippen molar-refractivity contribution in [3.8, 4) is 5.75 Å². The highest BCUT2D eigenvalue weighted by Crippen LogP contribution is 2.32. The van der Waals surface area contributed by atoms with E-state index in [1.165, 1.54) is 24.0 Å². The van der Waals surface area contributed by atoms with E-state index in [0.29, 0.717) is 12.0 Å². The van der Waals surface area contributed by atoms with Gasteiger partial charge < -0.3 is 10.1 Å². The number of hydrogen-bond acceptors (Lipinski definition) is 2. The van der Waals surface area contributed by atoms with Crippen LogP contribution in [0.3, 0.4) is 0 Å². The topological polar surface area (TPSA) is 21.3 Å². The van der Waals surface area contributed by atoms with Crippen molar-refractivity contribution in [2.45, 2.75) is 38.6 Å². The number of benzene rings is 1. The molecule has 1 aromatic carbocycles. The predicted octanol–water partition coefficient (Wildman–Crippen LogP) is 2.86. The number of methoxy groups -OCH3 is 1. The summed E-state index contributed by atoms with van der Waals surface area (Å²) in [4.78, 5) is 0. The molecule has 0 radical (unpaired) electrons. The molecule has 0 aliphatic carbocycles. The molecule has 0 spiro atoms. The number of hydrogen-bond donors (Lipinski definition) is 1. The normalized spacial score (nSPS) is 25.4. The maximum Gasteiger partial charge on any atom is 0.122 e. The molecule has 1 aliphatic heterocycles. The molecule has 2 rings (SSSR count). The van der Waals surface area contributed by atoms with Crippen LogP contribution < -0.4 is 10.1 Å². The molecule has 1 heterocycles. The van der Waals surface area contributed by atoms with Gasteiger partial charge in [-0.3, -0.25) is 0 Å². The number of ether oxygens (including phenoxy) is 1. The first-order valence-electron chi connectivity index (χ1n) is 6.08. The van der Waals surface area contributed by atoms with Gasteiger partial charge in [0.25, 0.3) is 0 Å². The van der Waals surface area contributed by atoms with Crippen LogP contribution in [0, 0.1) is 6.92 Å². The summed E-state index contributed by atoms with van der Waals surface area (Å²) in [6.45, 7) is 5.46. The maximum atomic E-state index is 5.45. The van der Waals surface area contributed by atoms with Crippen LogP contribution in [-0.2, 0) is 0 Å². The molecule has 2 unspecified atom stereocenters. The van der Waals surface area contributed by atoms with E-state index in [-0.39, 0.29) is 0 Å². The fourth-order valence-electron chi connectivity index (χ4n) is 2.44. The van der Waals surface area contributed by atoms with Crippen LogP contribution in [0.5, 0.6) is 5.75 Å². The molecule has 1 aliphatic rings. The van der Waals surface area contributed by atoms with Gasteiger partial charge in [-0.15, -0.1) is 0 Å². The third-order valence-electron chi connectivity index (χ3n) is 3.49. The molecular weight excluding hydrogens is 198 g/mol. The SMILES string of the molecule is COc1ccc(C)cc1C1CCC(C)NC1. The van der Waals surface area contributed by atoms with Crippen LogP contribution in [-0.4, -0.2) is 19.7 Å². The summed E-state index contributed by atoms with van der Waals surface area (Å²) in [5.41, 5.74) is 2.68. The molecule has 0 amide bonds. The van der Waals surface area contributed by atoms with Crippen LogP contribution in [0.1, 0.15) is 36.8 Å². The summed E-state index contributed by atoms with van der Waals surface area (Å²) in [6, 6.07) is 7.12. The standard InChI is InChI=1S/C14H21NO/c1-10-4-7-14(16-3)13(8-10)12-6-5-11(2)15-9-12/h4,7-8,11-12,15H,5-6,9H2,1-3H3. The summed E-state index contributed by atoms with van der Waals surface area (Å²) in [6.07, 6.45) is 2.51. The summed E-state index contributed by atoms with van der Waals surface area (Å²) < 4.78 is 5.45. The van der Waals surface area contributed by atoms with Crippen molar-refractivity contribution in [1.82, 2.24) is 5.32 Å². The van der Waals surface area contributed by atoms with Crippen molar-refractivity contribution in [3.05, 3.63) is 29.3 Å². The Morgan fingerprint density at radius 1 is 1.31 bits per heavy atom. The van der Waals surface area contributed by atoms with Crippen LogP contribution in [0.25, 0.3) is 0 Å². The smallest absolute Gasteiger partial charge is 0.122 e. The molecule has 2 atom stereocenters. The third kappa shape index (κ3) is 2.38. The number of piperidine rings is 1. The van der Waals surface area contributed by atoms with Gasteiger partial charge in [-0.2, -0.15) is 0 Å². The van der Waals surface area contributed by atoms with E-state index < -0.39 is 0 Å². The van der Waals surface area contributed by atoms with Gasteiger partial charge in [0.1, 0.15) is 5.75 Å². The number of nitrogens with one attached hydrogen (secondary N) is 1. The molecule has 16 heavy (non-hydrogen) atoms. The highest BCUT2D eigenvalue weighted by atomic mass is 16.5. The van der Waals surface area contributed by atoms with Crippen molar-refractivity contribution in [1.29, 1.82) is 0 Å². The van der Waals surface area contributed by atoms with Gasteiger partial charge in [-0.1, -0.05) is 17.7 Å². The van der Waals surface area contributed by atoms with Crippen LogP contribution in [0.2, 0.25) is 0 Å². The Kier molecular flexibility index (Phi) is 3.49. The van der Waals surface area contributed by atoms with Gasteiger partial charge in [0.2, 0.25) is 0 Å². The lowest BCUT2D eigenvalue weighted by molar-refractivity contribution is 0.364. The lowest BCUT2D eigenvalue weighted by Gasteiger charge is -2.29. The largest absolute Gasteiger partial charge is 0.496 e. The van der Waals surface area contributed by atoms with Crippen LogP contribution in [0.4, 0.5) is 0 Å². The lowest BCUT2D eigenvalue weighted by Crippen LogP contribution is -2.35. The zero-order valence-electron chi connectivity index (χ0n) is 10.4. The Morgan fingerprint density at radius 2 is 2.12 bits per heavy atom. The summed E-state index contributed by atoms with van der Waals surface area (Å²) in [5, 5.41) is 3.55. The van der Waals surface area contributed by atoms with Crippen molar-refractivity contribution in [3.63, 3.8) is 0 Å². The summed E-state index contributed by atoms with van der Waals surface area (Å²) in [7, 11) is 1.76. The molecular formula is C14H21NO. The van der Waals surface area contributed by atoms with Crippen molar-refractivity contribution in [2.24, 2.45) is 0 Å². The molecule has 88 valence electrons. The minimum absolute atomic E-state index is 0.603. The second kappa shape index (κ2) is 4.88. The predicted molar refractivity (Wildman–Crippen MR) is 67.2 cm³/mol. The van der Waals surface area contributed by atoms with E-state index in [0.717, 1.165) is 12.3 Å². The van der Waals surface area contributed by atoms with Crippen molar-refractivity contribution < 1.29 is 4.74 Å². The van der Waals surface area contributed by atoms with E-state index in [9.17, 15) is 0 Å². The highest BCUT2D eigenvalue weighted by molar-refractivity contribution is 5.39. The average molecular weight is 219 g/mol.